The zero-order valence-electron chi connectivity index (χ0n) is 9.65. The van der Waals surface area contributed by atoms with Gasteiger partial charge in [-0.1, -0.05) is 13.8 Å². The van der Waals surface area contributed by atoms with E-state index < -0.39 is 15.4 Å². The number of nitrogens with two attached hydrogens (primary N) is 1. The van der Waals surface area contributed by atoms with Crippen LogP contribution in [0.3, 0.4) is 0 Å². The number of carbonyl (C=O) groups excluding carboxylic acids is 1. The second-order valence-electron chi connectivity index (χ2n) is 4.88. The molecule has 0 saturated carbocycles. The molecule has 6 heteroatoms. The minimum atomic E-state index is -3.70. The molecule has 0 saturated heterocycles. The fraction of sp³-hybridized carbons (Fsp3) is 0.364. The van der Waals surface area contributed by atoms with Crippen LogP contribution in [0.25, 0.3) is 0 Å². The van der Waals surface area contributed by atoms with E-state index in [1.165, 1.54) is 12.1 Å². The van der Waals surface area contributed by atoms with Gasteiger partial charge in [0.25, 0.3) is 0 Å². The fourth-order valence-corrected chi connectivity index (χ4v) is 2.43. The highest BCUT2D eigenvalue weighted by Crippen LogP contribution is 2.34. The Morgan fingerprint density at radius 3 is 2.59 bits per heavy atom. The first kappa shape index (κ1) is 12.1. The number of hydrogen-bond acceptors (Lipinski definition) is 3. The second-order valence-corrected chi connectivity index (χ2v) is 6.44. The SMILES string of the molecule is CC1(C)Cc2cc(S(N)(=O)=O)ccc2NC1=O. The van der Waals surface area contributed by atoms with E-state index in [-0.39, 0.29) is 10.8 Å². The van der Waals surface area contributed by atoms with Crippen molar-refractivity contribution in [2.75, 3.05) is 5.32 Å². The lowest BCUT2D eigenvalue weighted by molar-refractivity contribution is -0.124. The molecule has 0 unspecified atom stereocenters. The molecule has 1 aromatic rings. The molecule has 0 aromatic heterocycles. The van der Waals surface area contributed by atoms with Crippen LogP contribution >= 0.6 is 0 Å². The molecule has 92 valence electrons. The average Bonchev–Trinajstić information content (AvgIpc) is 2.17. The van der Waals surface area contributed by atoms with Gasteiger partial charge in [-0.05, 0) is 30.2 Å². The van der Waals surface area contributed by atoms with Crippen molar-refractivity contribution in [1.29, 1.82) is 0 Å². The number of anilines is 1. The molecule has 0 spiro atoms. The van der Waals surface area contributed by atoms with Gasteiger partial charge in [0.1, 0.15) is 0 Å². The summed E-state index contributed by atoms with van der Waals surface area (Å²) in [6.07, 6.45) is 0.498. The van der Waals surface area contributed by atoms with Crippen LogP contribution in [0.4, 0.5) is 5.69 Å². The number of fused-ring (bicyclic) bond motifs is 1. The van der Waals surface area contributed by atoms with Crippen LogP contribution in [0.1, 0.15) is 19.4 Å². The van der Waals surface area contributed by atoms with E-state index in [9.17, 15) is 13.2 Å². The van der Waals surface area contributed by atoms with Gasteiger partial charge in [0.05, 0.1) is 4.90 Å². The second kappa shape index (κ2) is 3.54. The molecule has 1 amide bonds. The molecule has 1 heterocycles. The average molecular weight is 254 g/mol. The fourth-order valence-electron chi connectivity index (χ4n) is 1.86. The van der Waals surface area contributed by atoms with Crippen molar-refractivity contribution in [1.82, 2.24) is 0 Å². The van der Waals surface area contributed by atoms with Crippen LogP contribution in [0.15, 0.2) is 23.1 Å². The third-order valence-corrected chi connectivity index (χ3v) is 3.81. The van der Waals surface area contributed by atoms with Crippen LogP contribution in [-0.4, -0.2) is 14.3 Å². The van der Waals surface area contributed by atoms with Crippen molar-refractivity contribution in [2.24, 2.45) is 10.6 Å². The van der Waals surface area contributed by atoms with Crippen LogP contribution in [0.5, 0.6) is 0 Å². The monoisotopic (exact) mass is 254 g/mol. The van der Waals surface area contributed by atoms with Crippen molar-refractivity contribution in [2.45, 2.75) is 25.2 Å². The number of hydrogen-bond donors (Lipinski definition) is 2. The van der Waals surface area contributed by atoms with E-state index in [0.717, 1.165) is 5.56 Å². The minimum absolute atomic E-state index is 0.0617. The smallest absolute Gasteiger partial charge is 0.238 e. The number of nitrogens with one attached hydrogen (secondary N) is 1. The first-order chi connectivity index (χ1) is 7.70. The summed E-state index contributed by atoms with van der Waals surface area (Å²) in [4.78, 5) is 11.8. The Morgan fingerprint density at radius 2 is 2.00 bits per heavy atom. The number of rotatable bonds is 1. The highest BCUT2D eigenvalue weighted by molar-refractivity contribution is 7.89. The highest BCUT2D eigenvalue weighted by atomic mass is 32.2. The molecule has 0 radical (unpaired) electrons. The first-order valence-electron chi connectivity index (χ1n) is 5.17. The Hall–Kier alpha value is -1.40. The Kier molecular flexibility index (Phi) is 2.52. The topological polar surface area (TPSA) is 89.3 Å². The van der Waals surface area contributed by atoms with E-state index in [1.54, 1.807) is 6.07 Å². The molecule has 0 fully saturated rings. The molecule has 1 aromatic carbocycles. The quantitative estimate of drug-likeness (QED) is 0.778. The van der Waals surface area contributed by atoms with Crippen LogP contribution in [0.2, 0.25) is 0 Å². The molecular weight excluding hydrogens is 240 g/mol. The van der Waals surface area contributed by atoms with Crippen LogP contribution < -0.4 is 10.5 Å². The van der Waals surface area contributed by atoms with Crippen molar-refractivity contribution < 1.29 is 13.2 Å². The van der Waals surface area contributed by atoms with Gasteiger partial charge in [-0.15, -0.1) is 0 Å². The van der Waals surface area contributed by atoms with Gasteiger partial charge in [-0.25, -0.2) is 13.6 Å². The van der Waals surface area contributed by atoms with E-state index >= 15 is 0 Å². The third kappa shape index (κ3) is 2.18. The molecule has 0 aliphatic carbocycles. The maximum absolute atomic E-state index is 11.7. The van der Waals surface area contributed by atoms with E-state index in [1.807, 2.05) is 13.8 Å². The predicted molar refractivity (Wildman–Crippen MR) is 63.9 cm³/mol. The van der Waals surface area contributed by atoms with Crippen molar-refractivity contribution in [3.63, 3.8) is 0 Å². The standard InChI is InChI=1S/C11H14N2O3S/c1-11(2)6-7-5-8(17(12,15)16)3-4-9(7)13-10(11)14/h3-5H,6H2,1-2H3,(H,13,14)(H2,12,15,16). The summed E-state index contributed by atoms with van der Waals surface area (Å²) >= 11 is 0. The lowest BCUT2D eigenvalue weighted by Crippen LogP contribution is -2.37. The Bertz CT molecular complexity index is 591. The van der Waals surface area contributed by atoms with Gasteiger partial charge in [-0.3, -0.25) is 4.79 Å². The summed E-state index contributed by atoms with van der Waals surface area (Å²) in [5, 5.41) is 7.82. The summed E-state index contributed by atoms with van der Waals surface area (Å²) < 4.78 is 22.5. The molecular formula is C11H14N2O3S. The maximum atomic E-state index is 11.7. The Morgan fingerprint density at radius 1 is 1.35 bits per heavy atom. The summed E-state index contributed by atoms with van der Waals surface area (Å²) in [7, 11) is -3.70. The predicted octanol–water partition coefficient (Wildman–Crippen LogP) is 0.855. The summed E-state index contributed by atoms with van der Waals surface area (Å²) in [6, 6.07) is 4.49. The zero-order chi connectivity index (χ0) is 12.8. The lowest BCUT2D eigenvalue weighted by atomic mass is 9.81. The van der Waals surface area contributed by atoms with Gasteiger partial charge >= 0.3 is 0 Å². The molecule has 0 atom stereocenters. The summed E-state index contributed by atoms with van der Waals surface area (Å²) in [5.41, 5.74) is 0.909. The van der Waals surface area contributed by atoms with Gasteiger partial charge in [0.2, 0.25) is 15.9 Å². The first-order valence-corrected chi connectivity index (χ1v) is 6.72. The number of sulfonamides is 1. The van der Waals surface area contributed by atoms with Crippen LogP contribution in [-0.2, 0) is 21.2 Å². The molecule has 2 rings (SSSR count). The molecule has 1 aliphatic heterocycles. The normalized spacial score (nSPS) is 18.4. The van der Waals surface area contributed by atoms with Gasteiger partial charge < -0.3 is 5.32 Å². The number of benzene rings is 1. The van der Waals surface area contributed by atoms with E-state index in [2.05, 4.69) is 5.32 Å². The van der Waals surface area contributed by atoms with Gasteiger partial charge in [0.15, 0.2) is 0 Å². The van der Waals surface area contributed by atoms with E-state index in [4.69, 9.17) is 5.14 Å². The van der Waals surface area contributed by atoms with Crippen molar-refractivity contribution >= 4 is 21.6 Å². The molecule has 0 bridgehead atoms. The third-order valence-electron chi connectivity index (χ3n) is 2.90. The lowest BCUT2D eigenvalue weighted by Gasteiger charge is -2.30. The van der Waals surface area contributed by atoms with Crippen molar-refractivity contribution in [3.8, 4) is 0 Å². The number of primary sulfonamides is 1. The number of amides is 1. The largest absolute Gasteiger partial charge is 0.325 e. The number of carbonyl (C=O) groups is 1. The van der Waals surface area contributed by atoms with Gasteiger partial charge in [-0.2, -0.15) is 0 Å². The minimum Gasteiger partial charge on any atom is -0.325 e. The van der Waals surface area contributed by atoms with Crippen LogP contribution in [0, 0.1) is 5.41 Å². The molecule has 5 nitrogen and oxygen atoms in total. The van der Waals surface area contributed by atoms with Gasteiger partial charge in [0, 0.05) is 11.1 Å². The molecule has 17 heavy (non-hydrogen) atoms. The van der Waals surface area contributed by atoms with E-state index in [0.29, 0.717) is 12.1 Å². The molecule has 1 aliphatic rings. The summed E-state index contributed by atoms with van der Waals surface area (Å²) in [6.45, 7) is 3.63. The zero-order valence-corrected chi connectivity index (χ0v) is 10.5. The molecule has 3 N–H and O–H groups in total. The maximum Gasteiger partial charge on any atom is 0.238 e. The Labute approximate surface area is 100 Å². The van der Waals surface area contributed by atoms with Crippen molar-refractivity contribution in [3.05, 3.63) is 23.8 Å². The Balaban J connectivity index is 2.52. The summed E-state index contributed by atoms with van der Waals surface area (Å²) in [5.74, 6) is -0.0617. The highest BCUT2D eigenvalue weighted by Gasteiger charge is 2.33.